The van der Waals surface area contributed by atoms with E-state index in [0.29, 0.717) is 29.5 Å². The molecule has 1 fully saturated rings. The molecule has 0 bridgehead atoms. The van der Waals surface area contributed by atoms with Crippen molar-refractivity contribution in [3.05, 3.63) is 47.0 Å². The molecular formula is C21H26N4O3S. The second kappa shape index (κ2) is 10.7. The van der Waals surface area contributed by atoms with Crippen LogP contribution in [0.15, 0.2) is 35.7 Å². The normalized spacial score (nSPS) is 14.2. The van der Waals surface area contributed by atoms with Crippen LogP contribution in [-0.4, -0.2) is 35.8 Å². The fourth-order valence-electron chi connectivity index (χ4n) is 3.33. The number of rotatable bonds is 8. The third-order valence-corrected chi connectivity index (χ3v) is 5.68. The van der Waals surface area contributed by atoms with Gasteiger partial charge in [0.25, 0.3) is 5.91 Å². The summed E-state index contributed by atoms with van der Waals surface area (Å²) in [6, 6.07) is 8.89. The molecular weight excluding hydrogens is 388 g/mol. The lowest BCUT2D eigenvalue weighted by atomic mass is 9.89. The maximum Gasteiger partial charge on any atom is 0.257 e. The summed E-state index contributed by atoms with van der Waals surface area (Å²) in [5.74, 6) is -0.177. The van der Waals surface area contributed by atoms with E-state index in [2.05, 4.69) is 20.9 Å². The largest absolute Gasteiger partial charge is 0.354 e. The van der Waals surface area contributed by atoms with E-state index >= 15 is 0 Å². The Kier molecular flexibility index (Phi) is 7.75. The fourth-order valence-corrected chi connectivity index (χ4v) is 4.03. The highest BCUT2D eigenvalue weighted by Crippen LogP contribution is 2.23. The maximum absolute atomic E-state index is 12.1. The number of benzene rings is 1. The first kappa shape index (κ1) is 21.0. The zero-order valence-corrected chi connectivity index (χ0v) is 17.1. The number of aromatic nitrogens is 1. The van der Waals surface area contributed by atoms with Crippen LogP contribution in [0, 0.1) is 5.92 Å². The molecule has 0 aliphatic heterocycles. The van der Waals surface area contributed by atoms with E-state index in [9.17, 15) is 14.4 Å². The standard InChI is InChI=1S/C21H26N4O3S/c26-18(22-11-12-23-19(27)15-7-3-1-4-8-15)13-17-14-29-21(24-17)25-20(28)16-9-5-2-6-10-16/h2,5-6,9-10,14-15H,1,3-4,7-8,11-13H2,(H,22,26)(H,23,27)(H,24,25,28). The first-order chi connectivity index (χ1) is 14.1. The minimum absolute atomic E-state index is 0.0947. The lowest BCUT2D eigenvalue weighted by Gasteiger charge is -2.20. The van der Waals surface area contributed by atoms with Gasteiger partial charge in [-0.1, -0.05) is 37.5 Å². The Labute approximate surface area is 174 Å². The summed E-state index contributed by atoms with van der Waals surface area (Å²) in [5, 5.41) is 10.6. The zero-order chi connectivity index (χ0) is 20.5. The fraction of sp³-hybridized carbons (Fsp3) is 0.429. The van der Waals surface area contributed by atoms with E-state index in [1.54, 1.807) is 29.6 Å². The van der Waals surface area contributed by atoms with Gasteiger partial charge in [0.2, 0.25) is 11.8 Å². The van der Waals surface area contributed by atoms with Crippen molar-refractivity contribution in [1.82, 2.24) is 15.6 Å². The number of hydrogen-bond donors (Lipinski definition) is 3. The third-order valence-electron chi connectivity index (χ3n) is 4.87. The zero-order valence-electron chi connectivity index (χ0n) is 16.3. The van der Waals surface area contributed by atoms with Crippen molar-refractivity contribution in [3.63, 3.8) is 0 Å². The molecule has 29 heavy (non-hydrogen) atoms. The summed E-state index contributed by atoms with van der Waals surface area (Å²) in [4.78, 5) is 40.5. The Morgan fingerprint density at radius 3 is 2.48 bits per heavy atom. The van der Waals surface area contributed by atoms with Gasteiger partial charge in [-0.2, -0.15) is 0 Å². The van der Waals surface area contributed by atoms with Gasteiger partial charge in [0.1, 0.15) is 0 Å². The topological polar surface area (TPSA) is 100 Å². The molecule has 2 aromatic rings. The lowest BCUT2D eigenvalue weighted by molar-refractivity contribution is -0.126. The number of carbonyl (C=O) groups is 3. The molecule has 0 unspecified atom stereocenters. The van der Waals surface area contributed by atoms with Crippen LogP contribution < -0.4 is 16.0 Å². The minimum Gasteiger partial charge on any atom is -0.354 e. The van der Waals surface area contributed by atoms with Gasteiger partial charge in [-0.15, -0.1) is 11.3 Å². The number of carbonyl (C=O) groups excluding carboxylic acids is 3. The summed E-state index contributed by atoms with van der Waals surface area (Å²) in [6.45, 7) is 0.815. The molecule has 0 spiro atoms. The Bertz CT molecular complexity index is 831. The third kappa shape index (κ3) is 6.67. The molecule has 8 heteroatoms. The highest BCUT2D eigenvalue weighted by molar-refractivity contribution is 7.14. The molecule has 1 aliphatic carbocycles. The van der Waals surface area contributed by atoms with Gasteiger partial charge in [0.15, 0.2) is 5.13 Å². The number of nitrogens with one attached hydrogen (secondary N) is 3. The highest BCUT2D eigenvalue weighted by Gasteiger charge is 2.20. The Hall–Kier alpha value is -2.74. The van der Waals surface area contributed by atoms with E-state index in [1.165, 1.54) is 17.8 Å². The Morgan fingerprint density at radius 1 is 1.00 bits per heavy atom. The molecule has 154 valence electrons. The van der Waals surface area contributed by atoms with Gasteiger partial charge in [-0.3, -0.25) is 19.7 Å². The average molecular weight is 415 g/mol. The smallest absolute Gasteiger partial charge is 0.257 e. The second-order valence-corrected chi connectivity index (χ2v) is 7.97. The van der Waals surface area contributed by atoms with Gasteiger partial charge in [0.05, 0.1) is 12.1 Å². The van der Waals surface area contributed by atoms with Crippen LogP contribution in [0.4, 0.5) is 5.13 Å². The maximum atomic E-state index is 12.1. The van der Waals surface area contributed by atoms with E-state index in [4.69, 9.17) is 0 Å². The molecule has 1 aromatic carbocycles. The molecule has 1 aliphatic rings. The van der Waals surface area contributed by atoms with Gasteiger partial charge in [-0.25, -0.2) is 4.98 Å². The Balaban J connectivity index is 1.35. The van der Waals surface area contributed by atoms with Crippen LogP contribution >= 0.6 is 11.3 Å². The van der Waals surface area contributed by atoms with Crippen LogP contribution in [0.1, 0.15) is 48.2 Å². The molecule has 7 nitrogen and oxygen atoms in total. The number of thiazole rings is 1. The quantitative estimate of drug-likeness (QED) is 0.578. The number of hydrogen-bond acceptors (Lipinski definition) is 5. The average Bonchev–Trinajstić information content (AvgIpc) is 3.18. The summed E-state index contributed by atoms with van der Waals surface area (Å²) in [6.07, 6.45) is 5.52. The van der Waals surface area contributed by atoms with Crippen molar-refractivity contribution < 1.29 is 14.4 Å². The summed E-state index contributed by atoms with van der Waals surface area (Å²) in [7, 11) is 0. The van der Waals surface area contributed by atoms with Crippen LogP contribution in [0.5, 0.6) is 0 Å². The second-order valence-electron chi connectivity index (χ2n) is 7.12. The van der Waals surface area contributed by atoms with Crippen LogP contribution in [0.25, 0.3) is 0 Å². The number of nitrogens with zero attached hydrogens (tertiary/aromatic N) is 1. The van der Waals surface area contributed by atoms with E-state index < -0.39 is 0 Å². The van der Waals surface area contributed by atoms with Crippen molar-refractivity contribution >= 4 is 34.2 Å². The van der Waals surface area contributed by atoms with Gasteiger partial charge in [0, 0.05) is 30.0 Å². The molecule has 1 heterocycles. The van der Waals surface area contributed by atoms with Crippen molar-refractivity contribution in [1.29, 1.82) is 0 Å². The highest BCUT2D eigenvalue weighted by atomic mass is 32.1. The molecule has 1 saturated carbocycles. The molecule has 3 rings (SSSR count). The van der Waals surface area contributed by atoms with Gasteiger partial charge >= 0.3 is 0 Å². The number of amides is 3. The first-order valence-electron chi connectivity index (χ1n) is 9.97. The predicted octanol–water partition coefficient (Wildman–Crippen LogP) is 2.75. The minimum atomic E-state index is -0.232. The van der Waals surface area contributed by atoms with Crippen molar-refractivity contribution in [3.8, 4) is 0 Å². The van der Waals surface area contributed by atoms with Crippen LogP contribution in [0.3, 0.4) is 0 Å². The van der Waals surface area contributed by atoms with Crippen molar-refractivity contribution in [2.45, 2.75) is 38.5 Å². The van der Waals surface area contributed by atoms with E-state index in [1.807, 2.05) is 6.07 Å². The summed E-state index contributed by atoms with van der Waals surface area (Å²) in [5.41, 5.74) is 1.15. The molecule has 0 saturated heterocycles. The SMILES string of the molecule is O=C(Cc1csc(NC(=O)c2ccccc2)n1)NCCNC(=O)C1CCCCC1. The van der Waals surface area contributed by atoms with Crippen molar-refractivity contribution in [2.24, 2.45) is 5.92 Å². The molecule has 3 N–H and O–H groups in total. The summed E-state index contributed by atoms with van der Waals surface area (Å²) >= 11 is 1.28. The van der Waals surface area contributed by atoms with Crippen LogP contribution in [-0.2, 0) is 16.0 Å². The van der Waals surface area contributed by atoms with Gasteiger partial charge < -0.3 is 10.6 Å². The molecule has 3 amide bonds. The predicted molar refractivity (Wildman–Crippen MR) is 113 cm³/mol. The number of anilines is 1. The molecule has 0 atom stereocenters. The van der Waals surface area contributed by atoms with Gasteiger partial charge in [-0.05, 0) is 25.0 Å². The van der Waals surface area contributed by atoms with Crippen molar-refractivity contribution in [2.75, 3.05) is 18.4 Å². The first-order valence-corrected chi connectivity index (χ1v) is 10.8. The van der Waals surface area contributed by atoms with E-state index in [-0.39, 0.29) is 30.1 Å². The van der Waals surface area contributed by atoms with Crippen LogP contribution in [0.2, 0.25) is 0 Å². The van der Waals surface area contributed by atoms with E-state index in [0.717, 1.165) is 25.7 Å². The monoisotopic (exact) mass is 414 g/mol. The summed E-state index contributed by atoms with van der Waals surface area (Å²) < 4.78 is 0. The lowest BCUT2D eigenvalue weighted by Crippen LogP contribution is -2.38. The Morgan fingerprint density at radius 2 is 1.72 bits per heavy atom. The molecule has 0 radical (unpaired) electrons. The molecule has 1 aromatic heterocycles.